The molecule has 130 valence electrons. The van der Waals surface area contributed by atoms with Gasteiger partial charge in [-0.05, 0) is 61.8 Å². The third-order valence-corrected chi connectivity index (χ3v) is 6.47. The first kappa shape index (κ1) is 18.7. The first-order chi connectivity index (χ1) is 11.1. The Bertz CT molecular complexity index is 812. The summed E-state index contributed by atoms with van der Waals surface area (Å²) in [6, 6.07) is 7.67. The molecule has 24 heavy (non-hydrogen) atoms. The number of hydrogen-bond acceptors (Lipinski definition) is 2. The SMILES string of the molecule is C=C(C1=C(C)CCCC1(C)C)/C(C)=C(\F)S(=O)(=O)c1ccccc1. The standard InChI is InChI=1S/C20H25FO2S/c1-14-10-9-13-20(4,5)18(14)15(2)16(3)19(21)24(22,23)17-11-7-6-8-12-17/h6-8,11-12H,2,9-10,13H2,1,3-5H3/b19-16+. The molecule has 0 heterocycles. The molecule has 0 fully saturated rings. The van der Waals surface area contributed by atoms with Crippen LogP contribution in [0.1, 0.15) is 47.0 Å². The molecule has 1 aliphatic carbocycles. The number of benzene rings is 1. The quantitative estimate of drug-likeness (QED) is 0.650. The molecule has 1 aliphatic rings. The van der Waals surface area contributed by atoms with Gasteiger partial charge in [-0.15, -0.1) is 0 Å². The van der Waals surface area contributed by atoms with Crippen LogP contribution >= 0.6 is 0 Å². The van der Waals surface area contributed by atoms with Gasteiger partial charge < -0.3 is 0 Å². The van der Waals surface area contributed by atoms with Gasteiger partial charge in [0.15, 0.2) is 0 Å². The summed E-state index contributed by atoms with van der Waals surface area (Å²) in [5, 5.41) is -1.11. The van der Waals surface area contributed by atoms with Gasteiger partial charge in [0.1, 0.15) is 0 Å². The topological polar surface area (TPSA) is 34.1 Å². The van der Waals surface area contributed by atoms with Gasteiger partial charge in [0.25, 0.3) is 0 Å². The van der Waals surface area contributed by atoms with Crippen molar-refractivity contribution in [2.75, 3.05) is 0 Å². The number of hydrogen-bond donors (Lipinski definition) is 0. The Morgan fingerprint density at radius 3 is 2.33 bits per heavy atom. The molecule has 0 aromatic heterocycles. The van der Waals surface area contributed by atoms with Crippen molar-refractivity contribution in [1.29, 1.82) is 0 Å². The fourth-order valence-electron chi connectivity index (χ4n) is 3.50. The lowest BCUT2D eigenvalue weighted by molar-refractivity contribution is 0.373. The first-order valence-electron chi connectivity index (χ1n) is 8.15. The fraction of sp³-hybridized carbons (Fsp3) is 0.400. The summed E-state index contributed by atoms with van der Waals surface area (Å²) < 4.78 is 39.9. The van der Waals surface area contributed by atoms with Crippen LogP contribution in [0.2, 0.25) is 0 Å². The third kappa shape index (κ3) is 3.39. The molecule has 0 saturated heterocycles. The summed E-state index contributed by atoms with van der Waals surface area (Å²) in [6.07, 6.45) is 3.01. The van der Waals surface area contributed by atoms with Gasteiger partial charge in [0, 0.05) is 5.57 Å². The van der Waals surface area contributed by atoms with E-state index < -0.39 is 15.0 Å². The molecule has 0 atom stereocenters. The molecule has 1 aromatic rings. The van der Waals surface area contributed by atoms with E-state index in [-0.39, 0.29) is 15.9 Å². The molecule has 0 aliphatic heterocycles. The summed E-state index contributed by atoms with van der Waals surface area (Å²) in [7, 11) is -4.15. The lowest BCUT2D eigenvalue weighted by Crippen LogP contribution is -2.22. The Morgan fingerprint density at radius 2 is 1.79 bits per heavy atom. The van der Waals surface area contributed by atoms with Crippen LogP contribution in [-0.2, 0) is 9.84 Å². The summed E-state index contributed by atoms with van der Waals surface area (Å²) in [5.74, 6) is 0. The Kier molecular flexibility index (Phi) is 5.19. The molecule has 0 radical (unpaired) electrons. The normalized spacial score (nSPS) is 19.0. The highest BCUT2D eigenvalue weighted by Gasteiger charge is 2.32. The van der Waals surface area contributed by atoms with Gasteiger partial charge in [-0.1, -0.05) is 44.2 Å². The van der Waals surface area contributed by atoms with Crippen LogP contribution in [0.15, 0.2) is 69.3 Å². The maximum Gasteiger partial charge on any atom is 0.233 e. The Morgan fingerprint density at radius 1 is 1.21 bits per heavy atom. The van der Waals surface area contributed by atoms with E-state index in [0.717, 1.165) is 24.8 Å². The average Bonchev–Trinajstić information content (AvgIpc) is 2.53. The molecular weight excluding hydrogens is 323 g/mol. The summed E-state index contributed by atoms with van der Waals surface area (Å²) >= 11 is 0. The summed E-state index contributed by atoms with van der Waals surface area (Å²) in [6.45, 7) is 11.8. The molecule has 0 unspecified atom stereocenters. The Balaban J connectivity index is 2.52. The second kappa shape index (κ2) is 6.67. The average molecular weight is 348 g/mol. The van der Waals surface area contributed by atoms with Crippen molar-refractivity contribution >= 4 is 9.84 Å². The van der Waals surface area contributed by atoms with Gasteiger partial charge in [-0.2, -0.15) is 4.39 Å². The molecule has 0 saturated carbocycles. The van der Waals surface area contributed by atoms with E-state index >= 15 is 0 Å². The van der Waals surface area contributed by atoms with Crippen LogP contribution in [0.4, 0.5) is 4.39 Å². The molecular formula is C20H25FO2S. The minimum absolute atomic E-state index is 0.0387. The van der Waals surface area contributed by atoms with Crippen LogP contribution in [0.3, 0.4) is 0 Å². The molecule has 1 aromatic carbocycles. The maximum atomic E-state index is 14.9. The van der Waals surface area contributed by atoms with Crippen molar-refractivity contribution in [2.24, 2.45) is 5.41 Å². The van der Waals surface area contributed by atoms with Gasteiger partial charge >= 0.3 is 0 Å². The zero-order valence-electron chi connectivity index (χ0n) is 14.8. The minimum Gasteiger partial charge on any atom is -0.216 e. The van der Waals surface area contributed by atoms with E-state index in [0.29, 0.717) is 5.57 Å². The second-order valence-electron chi connectivity index (χ2n) is 7.09. The summed E-state index contributed by atoms with van der Waals surface area (Å²) in [4.78, 5) is -0.0387. The van der Waals surface area contributed by atoms with Crippen LogP contribution in [0.5, 0.6) is 0 Å². The predicted octanol–water partition coefficient (Wildman–Crippen LogP) is 5.74. The van der Waals surface area contributed by atoms with Gasteiger partial charge in [0.2, 0.25) is 15.0 Å². The lowest BCUT2D eigenvalue weighted by atomic mass is 9.69. The third-order valence-electron chi connectivity index (χ3n) is 4.80. The van der Waals surface area contributed by atoms with Crippen LogP contribution in [0.25, 0.3) is 0 Å². The first-order valence-corrected chi connectivity index (χ1v) is 9.64. The largest absolute Gasteiger partial charge is 0.233 e. The highest BCUT2D eigenvalue weighted by Crippen LogP contribution is 2.45. The molecule has 0 bridgehead atoms. The van der Waals surface area contributed by atoms with E-state index in [1.54, 1.807) is 18.2 Å². The van der Waals surface area contributed by atoms with Crippen LogP contribution in [0, 0.1) is 5.41 Å². The second-order valence-corrected chi connectivity index (χ2v) is 8.92. The molecule has 2 rings (SSSR count). The fourth-order valence-corrected chi connectivity index (χ4v) is 4.75. The van der Waals surface area contributed by atoms with E-state index in [1.807, 2.05) is 6.92 Å². The number of rotatable bonds is 4. The van der Waals surface area contributed by atoms with E-state index in [4.69, 9.17) is 0 Å². The monoisotopic (exact) mass is 348 g/mol. The van der Waals surface area contributed by atoms with Gasteiger partial charge in [-0.3, -0.25) is 0 Å². The predicted molar refractivity (Wildman–Crippen MR) is 96.9 cm³/mol. The van der Waals surface area contributed by atoms with Crippen molar-refractivity contribution in [3.63, 3.8) is 0 Å². The van der Waals surface area contributed by atoms with Gasteiger partial charge in [-0.25, -0.2) is 8.42 Å². The highest BCUT2D eigenvalue weighted by atomic mass is 32.2. The highest BCUT2D eigenvalue weighted by molar-refractivity contribution is 7.95. The molecule has 0 amide bonds. The zero-order valence-corrected chi connectivity index (χ0v) is 15.6. The van der Waals surface area contributed by atoms with E-state index in [2.05, 4.69) is 20.4 Å². The molecule has 2 nitrogen and oxygen atoms in total. The molecule has 0 N–H and O–H groups in total. The molecule has 4 heteroatoms. The Labute approximate surface area is 144 Å². The van der Waals surface area contributed by atoms with Crippen molar-refractivity contribution in [3.8, 4) is 0 Å². The number of halogens is 1. The van der Waals surface area contributed by atoms with Crippen molar-refractivity contribution in [1.82, 2.24) is 0 Å². The molecule has 0 spiro atoms. The number of allylic oxidation sites excluding steroid dienone is 4. The minimum atomic E-state index is -4.15. The Hall–Kier alpha value is -1.68. The van der Waals surface area contributed by atoms with E-state index in [1.165, 1.54) is 24.6 Å². The van der Waals surface area contributed by atoms with Crippen molar-refractivity contribution < 1.29 is 12.8 Å². The zero-order chi connectivity index (χ0) is 18.1. The smallest absolute Gasteiger partial charge is 0.216 e. The summed E-state index contributed by atoms with van der Waals surface area (Å²) in [5.41, 5.74) is 2.62. The van der Waals surface area contributed by atoms with Crippen LogP contribution in [-0.4, -0.2) is 8.42 Å². The van der Waals surface area contributed by atoms with Crippen LogP contribution < -0.4 is 0 Å². The van der Waals surface area contributed by atoms with Gasteiger partial charge in [0.05, 0.1) is 4.90 Å². The van der Waals surface area contributed by atoms with Crippen molar-refractivity contribution in [3.05, 3.63) is 64.4 Å². The van der Waals surface area contributed by atoms with Crippen molar-refractivity contribution in [2.45, 2.75) is 51.9 Å². The lowest BCUT2D eigenvalue weighted by Gasteiger charge is -2.36. The number of sulfone groups is 1. The maximum absolute atomic E-state index is 14.9. The van der Waals surface area contributed by atoms with E-state index in [9.17, 15) is 12.8 Å².